The van der Waals surface area contributed by atoms with E-state index in [9.17, 15) is 8.42 Å². The molecule has 0 bridgehead atoms. The quantitative estimate of drug-likeness (QED) is 0.668. The first-order chi connectivity index (χ1) is 11.4. The summed E-state index contributed by atoms with van der Waals surface area (Å²) in [4.78, 5) is 8.29. The fraction of sp³-hybridized carbons (Fsp3) is 0.267. The molecule has 0 saturated heterocycles. The Bertz CT molecular complexity index is 918. The molecule has 0 atom stereocenters. The molecule has 0 saturated carbocycles. The molecule has 0 N–H and O–H groups in total. The van der Waals surface area contributed by atoms with E-state index in [1.165, 1.54) is 7.05 Å². The monoisotopic (exact) mass is 347 g/mol. The summed E-state index contributed by atoms with van der Waals surface area (Å²) in [5.41, 5.74) is 1.88. The number of imidazole rings is 1. The minimum atomic E-state index is -3.30. The molecule has 0 amide bonds. The van der Waals surface area contributed by atoms with Gasteiger partial charge >= 0.3 is 0 Å². The number of hydrogen-bond acceptors (Lipinski definition) is 6. The first-order valence-corrected chi connectivity index (χ1v) is 9.05. The van der Waals surface area contributed by atoms with E-state index in [2.05, 4.69) is 15.1 Å². The van der Waals surface area contributed by atoms with Crippen LogP contribution in [0.3, 0.4) is 0 Å². The largest absolute Gasteiger partial charge is 0.338 e. The number of sulfonamides is 1. The smallest absolute Gasteiger partial charge is 0.242 e. The minimum Gasteiger partial charge on any atom is -0.338 e. The van der Waals surface area contributed by atoms with Gasteiger partial charge in [0.1, 0.15) is 0 Å². The molecule has 3 rings (SSSR count). The topological polar surface area (TPSA) is 94.1 Å². The molecule has 0 aliphatic heterocycles. The molecule has 0 fully saturated rings. The summed E-state index contributed by atoms with van der Waals surface area (Å²) >= 11 is 0. The standard InChI is InChI=1S/C15H17N5O3S/c1-19(24(2,21)22)10-14-17-15(18-23-14)13-5-3-4-12(8-13)9-20-7-6-16-11-20/h3-8,11H,9-10H2,1-2H3. The lowest BCUT2D eigenvalue weighted by Crippen LogP contribution is -2.25. The van der Waals surface area contributed by atoms with Gasteiger partial charge in [0.2, 0.25) is 21.7 Å². The maximum atomic E-state index is 11.4. The molecule has 126 valence electrons. The van der Waals surface area contributed by atoms with Gasteiger partial charge < -0.3 is 9.09 Å². The highest BCUT2D eigenvalue weighted by molar-refractivity contribution is 7.88. The molecule has 9 heteroatoms. The van der Waals surface area contributed by atoms with Crippen LogP contribution in [-0.4, -0.2) is 45.7 Å². The summed E-state index contributed by atoms with van der Waals surface area (Å²) in [6.45, 7) is 0.732. The first kappa shape index (κ1) is 16.3. The van der Waals surface area contributed by atoms with Gasteiger partial charge in [-0.15, -0.1) is 0 Å². The van der Waals surface area contributed by atoms with Crippen LogP contribution in [0.4, 0.5) is 0 Å². The molecule has 0 spiro atoms. The lowest BCUT2D eigenvalue weighted by atomic mass is 10.1. The summed E-state index contributed by atoms with van der Waals surface area (Å²) in [6.07, 6.45) is 6.50. The molecule has 0 aliphatic carbocycles. The summed E-state index contributed by atoms with van der Waals surface area (Å²) in [5, 5.41) is 3.93. The predicted molar refractivity (Wildman–Crippen MR) is 87.4 cm³/mol. The average molecular weight is 347 g/mol. The van der Waals surface area contributed by atoms with Gasteiger partial charge in [0.25, 0.3) is 0 Å². The summed E-state index contributed by atoms with van der Waals surface area (Å²) in [6, 6.07) is 7.77. The third kappa shape index (κ3) is 3.87. The zero-order valence-electron chi connectivity index (χ0n) is 13.3. The Balaban J connectivity index is 1.77. The van der Waals surface area contributed by atoms with Gasteiger partial charge in [0.15, 0.2) is 0 Å². The first-order valence-electron chi connectivity index (χ1n) is 7.21. The van der Waals surface area contributed by atoms with E-state index in [-0.39, 0.29) is 12.4 Å². The van der Waals surface area contributed by atoms with Crippen LogP contribution < -0.4 is 0 Å². The van der Waals surface area contributed by atoms with Crippen molar-refractivity contribution >= 4 is 10.0 Å². The second kappa shape index (κ2) is 6.54. The van der Waals surface area contributed by atoms with Crippen LogP contribution in [0.1, 0.15) is 11.5 Å². The molecule has 1 aromatic carbocycles. The van der Waals surface area contributed by atoms with Gasteiger partial charge in [-0.1, -0.05) is 23.4 Å². The number of aromatic nitrogens is 4. The highest BCUT2D eigenvalue weighted by Crippen LogP contribution is 2.18. The molecule has 0 aliphatic rings. The normalized spacial score (nSPS) is 12.0. The van der Waals surface area contributed by atoms with E-state index >= 15 is 0 Å². The van der Waals surface area contributed by atoms with Gasteiger partial charge in [0.05, 0.1) is 19.1 Å². The van der Waals surface area contributed by atoms with Crippen LogP contribution in [-0.2, 0) is 23.1 Å². The Morgan fingerprint density at radius 3 is 2.88 bits per heavy atom. The summed E-state index contributed by atoms with van der Waals surface area (Å²) < 4.78 is 31.1. The van der Waals surface area contributed by atoms with E-state index in [0.29, 0.717) is 12.4 Å². The van der Waals surface area contributed by atoms with Crippen molar-refractivity contribution in [1.29, 1.82) is 0 Å². The van der Waals surface area contributed by atoms with Crippen LogP contribution in [0.15, 0.2) is 47.5 Å². The highest BCUT2D eigenvalue weighted by atomic mass is 32.2. The van der Waals surface area contributed by atoms with Crippen molar-refractivity contribution in [2.24, 2.45) is 0 Å². The van der Waals surface area contributed by atoms with Gasteiger partial charge in [-0.25, -0.2) is 13.4 Å². The van der Waals surface area contributed by atoms with Crippen LogP contribution in [0.2, 0.25) is 0 Å². The zero-order valence-corrected chi connectivity index (χ0v) is 14.1. The molecule has 2 aromatic heterocycles. The van der Waals surface area contributed by atoms with Gasteiger partial charge in [-0.3, -0.25) is 0 Å². The van der Waals surface area contributed by atoms with Crippen LogP contribution in [0.25, 0.3) is 11.4 Å². The number of benzene rings is 1. The number of rotatable bonds is 6. The third-order valence-electron chi connectivity index (χ3n) is 3.50. The molecular formula is C15H17N5O3S. The van der Waals surface area contributed by atoms with Crippen molar-refractivity contribution < 1.29 is 12.9 Å². The predicted octanol–water partition coefficient (Wildman–Crippen LogP) is 1.37. The second-order valence-electron chi connectivity index (χ2n) is 5.47. The Kier molecular flexibility index (Phi) is 4.45. The molecule has 0 radical (unpaired) electrons. The SMILES string of the molecule is CN(Cc1nc(-c2cccc(Cn3ccnc3)c2)no1)S(C)(=O)=O. The highest BCUT2D eigenvalue weighted by Gasteiger charge is 2.16. The van der Waals surface area contributed by atoms with Crippen LogP contribution in [0, 0.1) is 0 Å². The van der Waals surface area contributed by atoms with Crippen LogP contribution in [0.5, 0.6) is 0 Å². The lowest BCUT2D eigenvalue weighted by molar-refractivity contribution is 0.337. The second-order valence-corrected chi connectivity index (χ2v) is 7.56. The average Bonchev–Trinajstić information content (AvgIpc) is 3.18. The Morgan fingerprint density at radius 1 is 1.33 bits per heavy atom. The fourth-order valence-electron chi connectivity index (χ4n) is 2.14. The van der Waals surface area contributed by atoms with Crippen molar-refractivity contribution in [2.45, 2.75) is 13.1 Å². The van der Waals surface area contributed by atoms with E-state index in [4.69, 9.17) is 4.52 Å². The zero-order chi connectivity index (χ0) is 17.2. The Morgan fingerprint density at radius 2 is 2.17 bits per heavy atom. The van der Waals surface area contributed by atoms with E-state index in [0.717, 1.165) is 21.7 Å². The molecule has 2 heterocycles. The number of hydrogen-bond donors (Lipinski definition) is 0. The van der Waals surface area contributed by atoms with Crippen molar-refractivity contribution in [1.82, 2.24) is 24.0 Å². The maximum Gasteiger partial charge on any atom is 0.242 e. The van der Waals surface area contributed by atoms with Crippen molar-refractivity contribution in [3.63, 3.8) is 0 Å². The van der Waals surface area contributed by atoms with Crippen molar-refractivity contribution in [3.8, 4) is 11.4 Å². The lowest BCUT2D eigenvalue weighted by Gasteiger charge is -2.09. The molecule has 8 nitrogen and oxygen atoms in total. The van der Waals surface area contributed by atoms with E-state index < -0.39 is 10.0 Å². The molecular weight excluding hydrogens is 330 g/mol. The van der Waals surface area contributed by atoms with Gasteiger partial charge in [-0.05, 0) is 11.6 Å². The molecule has 0 unspecified atom stereocenters. The molecule has 24 heavy (non-hydrogen) atoms. The van der Waals surface area contributed by atoms with E-state index in [1.54, 1.807) is 12.5 Å². The van der Waals surface area contributed by atoms with Crippen molar-refractivity contribution in [3.05, 3.63) is 54.4 Å². The van der Waals surface area contributed by atoms with Gasteiger partial charge in [-0.2, -0.15) is 9.29 Å². The van der Waals surface area contributed by atoms with Crippen molar-refractivity contribution in [2.75, 3.05) is 13.3 Å². The third-order valence-corrected chi connectivity index (χ3v) is 4.76. The Labute approximate surface area is 139 Å². The number of nitrogens with zero attached hydrogens (tertiary/aromatic N) is 5. The molecule has 3 aromatic rings. The fourth-order valence-corrected chi connectivity index (χ4v) is 2.49. The van der Waals surface area contributed by atoms with Crippen LogP contribution >= 0.6 is 0 Å². The summed E-state index contributed by atoms with van der Waals surface area (Å²) in [7, 11) is -1.83. The maximum absolute atomic E-state index is 11.4. The minimum absolute atomic E-state index is 0.0422. The van der Waals surface area contributed by atoms with Gasteiger partial charge in [0, 0.05) is 31.5 Å². The Hall–Kier alpha value is -2.52. The van der Waals surface area contributed by atoms with E-state index in [1.807, 2.05) is 35.0 Å². The summed E-state index contributed by atoms with van der Waals surface area (Å²) in [5.74, 6) is 0.678.